The van der Waals surface area contributed by atoms with Crippen molar-refractivity contribution in [2.24, 2.45) is 0 Å². The highest BCUT2D eigenvalue weighted by Gasteiger charge is 2.20. The van der Waals surface area contributed by atoms with Crippen LogP contribution in [-0.4, -0.2) is 54.8 Å². The number of hydrogen-bond acceptors (Lipinski definition) is 6. The van der Waals surface area contributed by atoms with E-state index < -0.39 is 0 Å². The van der Waals surface area contributed by atoms with Gasteiger partial charge in [-0.1, -0.05) is 24.3 Å². The van der Waals surface area contributed by atoms with Gasteiger partial charge in [0.1, 0.15) is 5.60 Å². The second-order valence-electron chi connectivity index (χ2n) is 10.2. The van der Waals surface area contributed by atoms with E-state index in [9.17, 15) is 0 Å². The third kappa shape index (κ3) is 5.88. The molecule has 6 heteroatoms. The fourth-order valence-corrected chi connectivity index (χ4v) is 5.44. The lowest BCUT2D eigenvalue weighted by Crippen LogP contribution is -2.46. The van der Waals surface area contributed by atoms with Gasteiger partial charge in [-0.05, 0) is 75.9 Å². The van der Waals surface area contributed by atoms with Crippen molar-refractivity contribution in [1.82, 2.24) is 9.88 Å². The summed E-state index contributed by atoms with van der Waals surface area (Å²) in [5.74, 6) is 1.31. The predicted molar refractivity (Wildman–Crippen MR) is 147 cm³/mol. The third-order valence-corrected chi connectivity index (χ3v) is 7.25. The van der Waals surface area contributed by atoms with Gasteiger partial charge < -0.3 is 14.4 Å². The largest absolute Gasteiger partial charge is 0.488 e. The van der Waals surface area contributed by atoms with E-state index in [-0.39, 0.29) is 5.60 Å². The first-order valence-electron chi connectivity index (χ1n) is 12.6. The number of piperazine rings is 1. The molecule has 5 rings (SSSR count). The van der Waals surface area contributed by atoms with Gasteiger partial charge in [-0.25, -0.2) is 4.98 Å². The molecule has 2 aromatic heterocycles. The highest BCUT2D eigenvalue weighted by atomic mass is 32.1. The lowest BCUT2D eigenvalue weighted by molar-refractivity contribution is 0.116. The van der Waals surface area contributed by atoms with Gasteiger partial charge in [-0.2, -0.15) is 0 Å². The van der Waals surface area contributed by atoms with Crippen LogP contribution in [0.5, 0.6) is 11.6 Å². The molecule has 1 aliphatic rings. The monoisotopic (exact) mass is 489 g/mol. The van der Waals surface area contributed by atoms with Crippen LogP contribution in [0.1, 0.15) is 33.6 Å². The quantitative estimate of drug-likeness (QED) is 0.260. The third-order valence-electron chi connectivity index (χ3n) is 6.37. The molecule has 0 aliphatic carbocycles. The van der Waals surface area contributed by atoms with E-state index in [1.807, 2.05) is 50.3 Å². The van der Waals surface area contributed by atoms with Crippen molar-refractivity contribution in [1.29, 1.82) is 0 Å². The number of nitrogens with zero attached hydrogens (tertiary/aromatic N) is 3. The van der Waals surface area contributed by atoms with Crippen molar-refractivity contribution < 1.29 is 9.47 Å². The molecule has 0 bridgehead atoms. The SMILES string of the molecule is CC(C)(C)Oc1nc2ccccc2cc1OCCCCN1CCN(c2cccc3sccc23)CC1. The molecule has 0 saturated carbocycles. The van der Waals surface area contributed by atoms with Crippen LogP contribution in [0.15, 0.2) is 60.0 Å². The average molecular weight is 490 g/mol. The maximum Gasteiger partial charge on any atom is 0.258 e. The number of benzene rings is 2. The molecule has 5 nitrogen and oxygen atoms in total. The Balaban J connectivity index is 1.10. The highest BCUT2D eigenvalue weighted by Crippen LogP contribution is 2.33. The van der Waals surface area contributed by atoms with Crippen molar-refractivity contribution in [2.75, 3.05) is 44.2 Å². The Morgan fingerprint density at radius 2 is 1.77 bits per heavy atom. The molecule has 0 unspecified atom stereocenters. The summed E-state index contributed by atoms with van der Waals surface area (Å²) >= 11 is 1.82. The Labute approximate surface area is 212 Å². The molecule has 0 N–H and O–H groups in total. The van der Waals surface area contributed by atoms with Crippen LogP contribution >= 0.6 is 11.3 Å². The molecule has 1 aliphatic heterocycles. The Bertz CT molecular complexity index is 1270. The van der Waals surface area contributed by atoms with Crippen molar-refractivity contribution in [3.05, 3.63) is 60.0 Å². The summed E-state index contributed by atoms with van der Waals surface area (Å²) in [6.45, 7) is 12.3. The van der Waals surface area contributed by atoms with E-state index in [1.54, 1.807) is 0 Å². The van der Waals surface area contributed by atoms with Gasteiger partial charge in [-0.3, -0.25) is 4.90 Å². The lowest BCUT2D eigenvalue weighted by atomic mass is 10.2. The second-order valence-corrected chi connectivity index (χ2v) is 11.1. The zero-order valence-corrected chi connectivity index (χ0v) is 21.8. The van der Waals surface area contributed by atoms with E-state index in [1.165, 1.54) is 15.8 Å². The fourth-order valence-electron chi connectivity index (χ4n) is 4.63. The normalized spacial score (nSPS) is 15.1. The van der Waals surface area contributed by atoms with Crippen LogP contribution in [0.25, 0.3) is 21.0 Å². The smallest absolute Gasteiger partial charge is 0.258 e. The second kappa shape index (κ2) is 10.4. The Hall–Kier alpha value is -2.83. The summed E-state index contributed by atoms with van der Waals surface area (Å²) < 4.78 is 13.7. The molecule has 0 amide bonds. The molecule has 2 aromatic carbocycles. The van der Waals surface area contributed by atoms with Crippen LogP contribution in [0, 0.1) is 0 Å². The van der Waals surface area contributed by atoms with E-state index >= 15 is 0 Å². The minimum absolute atomic E-state index is 0.329. The summed E-state index contributed by atoms with van der Waals surface area (Å²) in [4.78, 5) is 9.84. The maximum absolute atomic E-state index is 6.18. The molecular formula is C29H35N3O2S. The van der Waals surface area contributed by atoms with E-state index in [2.05, 4.69) is 51.6 Å². The topological polar surface area (TPSA) is 37.8 Å². The van der Waals surface area contributed by atoms with Gasteiger partial charge in [0.2, 0.25) is 0 Å². The Kier molecular flexibility index (Phi) is 7.12. The van der Waals surface area contributed by atoms with Gasteiger partial charge in [0, 0.05) is 47.3 Å². The summed E-state index contributed by atoms with van der Waals surface area (Å²) in [5.41, 5.74) is 1.98. The van der Waals surface area contributed by atoms with Crippen molar-refractivity contribution in [3.8, 4) is 11.6 Å². The zero-order valence-electron chi connectivity index (χ0n) is 21.0. The van der Waals surface area contributed by atoms with Crippen LogP contribution < -0.4 is 14.4 Å². The maximum atomic E-state index is 6.18. The van der Waals surface area contributed by atoms with Crippen molar-refractivity contribution in [2.45, 2.75) is 39.2 Å². The molecule has 1 saturated heterocycles. The number of thiophene rings is 1. The first-order chi connectivity index (χ1) is 17.0. The zero-order chi connectivity index (χ0) is 24.3. The summed E-state index contributed by atoms with van der Waals surface area (Å²) in [6, 6.07) is 19.1. The Morgan fingerprint density at radius 3 is 2.60 bits per heavy atom. The van der Waals surface area contributed by atoms with E-state index in [0.717, 1.165) is 62.2 Å². The number of para-hydroxylation sites is 1. The van der Waals surface area contributed by atoms with Gasteiger partial charge in [-0.15, -0.1) is 11.3 Å². The Morgan fingerprint density at radius 1 is 0.943 bits per heavy atom. The molecule has 184 valence electrons. The van der Waals surface area contributed by atoms with Gasteiger partial charge in [0.25, 0.3) is 5.88 Å². The molecule has 4 aromatic rings. The highest BCUT2D eigenvalue weighted by molar-refractivity contribution is 7.17. The first kappa shape index (κ1) is 23.9. The number of rotatable bonds is 8. The number of hydrogen-bond donors (Lipinski definition) is 0. The van der Waals surface area contributed by atoms with Crippen LogP contribution in [0.3, 0.4) is 0 Å². The van der Waals surface area contributed by atoms with Crippen LogP contribution in [0.4, 0.5) is 5.69 Å². The number of aromatic nitrogens is 1. The van der Waals surface area contributed by atoms with Crippen LogP contribution in [0.2, 0.25) is 0 Å². The predicted octanol–water partition coefficient (Wildman–Crippen LogP) is 6.61. The average Bonchev–Trinajstić information content (AvgIpc) is 3.33. The molecule has 0 atom stereocenters. The number of ether oxygens (including phenoxy) is 2. The number of pyridine rings is 1. The minimum Gasteiger partial charge on any atom is -0.488 e. The van der Waals surface area contributed by atoms with Gasteiger partial charge in [0.05, 0.1) is 12.1 Å². The summed E-state index contributed by atoms with van der Waals surface area (Å²) in [7, 11) is 0. The molecule has 1 fully saturated rings. The number of fused-ring (bicyclic) bond motifs is 2. The molecular weight excluding hydrogens is 454 g/mol. The van der Waals surface area contributed by atoms with Crippen LogP contribution in [-0.2, 0) is 0 Å². The van der Waals surface area contributed by atoms with E-state index in [4.69, 9.17) is 14.5 Å². The molecule has 0 spiro atoms. The standard InChI is InChI=1S/C29H35N3O2S/c1-29(2,3)34-28-26(21-22-9-4-5-10-24(22)30-28)33-19-7-6-14-31-15-17-32(18-16-31)25-11-8-12-27-23(25)13-20-35-27/h4-5,8-13,20-21H,6-7,14-19H2,1-3H3. The summed E-state index contributed by atoms with van der Waals surface area (Å²) in [6.07, 6.45) is 2.13. The van der Waals surface area contributed by atoms with Crippen molar-refractivity contribution in [3.63, 3.8) is 0 Å². The van der Waals surface area contributed by atoms with Gasteiger partial charge >= 0.3 is 0 Å². The van der Waals surface area contributed by atoms with Gasteiger partial charge in [0.15, 0.2) is 5.75 Å². The van der Waals surface area contributed by atoms with E-state index in [0.29, 0.717) is 12.5 Å². The number of unbranched alkanes of at least 4 members (excludes halogenated alkanes) is 1. The molecule has 35 heavy (non-hydrogen) atoms. The molecule has 3 heterocycles. The summed E-state index contributed by atoms with van der Waals surface area (Å²) in [5, 5.41) is 4.65. The van der Waals surface area contributed by atoms with Crippen molar-refractivity contribution >= 4 is 38.0 Å². The number of anilines is 1. The minimum atomic E-state index is -0.329. The fraction of sp³-hybridized carbons (Fsp3) is 0.414. The molecule has 0 radical (unpaired) electrons. The first-order valence-corrected chi connectivity index (χ1v) is 13.5. The lowest BCUT2D eigenvalue weighted by Gasteiger charge is -2.36.